The van der Waals surface area contributed by atoms with Gasteiger partial charge in [-0.1, -0.05) is 24.3 Å². The van der Waals surface area contributed by atoms with Gasteiger partial charge in [-0.2, -0.15) is 0 Å². The van der Waals surface area contributed by atoms with Crippen LogP contribution in [0.15, 0.2) is 24.3 Å². The topological polar surface area (TPSA) is 58.2 Å². The normalized spacial score (nSPS) is 26.0. The fourth-order valence-corrected chi connectivity index (χ4v) is 3.24. The minimum absolute atomic E-state index is 0.156. The van der Waals surface area contributed by atoms with Gasteiger partial charge in [0.2, 0.25) is 11.8 Å². The van der Waals surface area contributed by atoms with Crippen LogP contribution in [0.5, 0.6) is 0 Å². The summed E-state index contributed by atoms with van der Waals surface area (Å²) in [6.07, 6.45) is 4.57. The van der Waals surface area contributed by atoms with Crippen molar-refractivity contribution in [3.8, 4) is 0 Å². The third-order valence-electron chi connectivity index (χ3n) is 4.34. The summed E-state index contributed by atoms with van der Waals surface area (Å²) in [7, 11) is 0. The molecule has 2 amide bonds. The summed E-state index contributed by atoms with van der Waals surface area (Å²) in [5.74, 6) is 0.145. The van der Waals surface area contributed by atoms with Gasteiger partial charge < -0.3 is 5.32 Å². The lowest BCUT2D eigenvalue weighted by Gasteiger charge is -2.28. The summed E-state index contributed by atoms with van der Waals surface area (Å²) in [6, 6.07) is 8.36. The van der Waals surface area contributed by atoms with Gasteiger partial charge in [0, 0.05) is 13.0 Å². The number of carbonyl (C=O) groups excluding carboxylic acids is 2. The number of benzene rings is 1. The summed E-state index contributed by atoms with van der Waals surface area (Å²) < 4.78 is 0. The first-order valence-corrected chi connectivity index (χ1v) is 7.39. The molecule has 1 fully saturated rings. The Bertz CT molecular complexity index is 527. The number of hydrogen-bond acceptors (Lipinski definition) is 3. The number of nitrogens with one attached hydrogen (secondary N) is 2. The van der Waals surface area contributed by atoms with E-state index in [-0.39, 0.29) is 17.9 Å². The van der Waals surface area contributed by atoms with Crippen LogP contribution >= 0.6 is 0 Å². The van der Waals surface area contributed by atoms with Crippen molar-refractivity contribution in [2.45, 2.75) is 44.1 Å². The van der Waals surface area contributed by atoms with Crippen LogP contribution in [0.2, 0.25) is 0 Å². The molecule has 0 spiro atoms. The Balaban J connectivity index is 1.62. The molecule has 0 saturated carbocycles. The second-order valence-electron chi connectivity index (χ2n) is 5.70. The molecule has 2 atom stereocenters. The van der Waals surface area contributed by atoms with Gasteiger partial charge in [-0.25, -0.2) is 0 Å². The molecule has 0 radical (unpaired) electrons. The van der Waals surface area contributed by atoms with E-state index < -0.39 is 0 Å². The van der Waals surface area contributed by atoms with Crippen LogP contribution < -0.4 is 10.6 Å². The van der Waals surface area contributed by atoms with Gasteiger partial charge in [-0.3, -0.25) is 14.9 Å². The highest BCUT2D eigenvalue weighted by Crippen LogP contribution is 2.30. The smallest absolute Gasteiger partial charge is 0.243 e. The molecule has 2 N–H and O–H groups in total. The molecule has 1 saturated heterocycles. The van der Waals surface area contributed by atoms with Gasteiger partial charge in [0.05, 0.1) is 6.04 Å². The number of fused-ring (bicyclic) bond motifs is 1. The van der Waals surface area contributed by atoms with Crippen LogP contribution in [0.1, 0.15) is 42.7 Å². The number of aryl methyl sites for hydroxylation is 1. The van der Waals surface area contributed by atoms with Gasteiger partial charge in [-0.15, -0.1) is 0 Å². The van der Waals surface area contributed by atoms with E-state index in [0.29, 0.717) is 18.8 Å². The summed E-state index contributed by atoms with van der Waals surface area (Å²) in [6.45, 7) is 0.809. The predicted octanol–water partition coefficient (Wildman–Crippen LogP) is 1.50. The zero-order chi connectivity index (χ0) is 13.9. The van der Waals surface area contributed by atoms with E-state index in [9.17, 15) is 9.59 Å². The quantitative estimate of drug-likeness (QED) is 0.820. The summed E-state index contributed by atoms with van der Waals surface area (Å²) in [5, 5.41) is 5.73. The molecule has 2 aliphatic rings. The maximum absolute atomic E-state index is 11.7. The molecule has 0 bridgehead atoms. The molecule has 2 unspecified atom stereocenters. The molecular weight excluding hydrogens is 252 g/mol. The standard InChI is InChI=1S/C16H20N2O2/c19-15-9-8-14(16(20)18-15)17-10-12-6-3-5-11-4-1-2-7-13(11)12/h1-2,4,7,12,14,17H,3,5-6,8-10H2,(H,18,19,20). The predicted molar refractivity (Wildman–Crippen MR) is 76.3 cm³/mol. The zero-order valence-corrected chi connectivity index (χ0v) is 11.5. The minimum Gasteiger partial charge on any atom is -0.305 e. The first-order valence-electron chi connectivity index (χ1n) is 7.39. The van der Waals surface area contributed by atoms with E-state index in [4.69, 9.17) is 0 Å². The van der Waals surface area contributed by atoms with Crippen LogP contribution in [-0.4, -0.2) is 24.4 Å². The second kappa shape index (κ2) is 5.75. The Labute approximate surface area is 118 Å². The van der Waals surface area contributed by atoms with E-state index in [1.165, 1.54) is 17.5 Å². The van der Waals surface area contributed by atoms with Crippen LogP contribution in [-0.2, 0) is 16.0 Å². The van der Waals surface area contributed by atoms with E-state index in [1.807, 2.05) is 0 Å². The van der Waals surface area contributed by atoms with E-state index >= 15 is 0 Å². The number of carbonyl (C=O) groups is 2. The molecule has 4 nitrogen and oxygen atoms in total. The van der Waals surface area contributed by atoms with Crippen LogP contribution in [0.3, 0.4) is 0 Å². The molecule has 0 aromatic heterocycles. The monoisotopic (exact) mass is 272 g/mol. The average Bonchev–Trinajstić information content (AvgIpc) is 2.46. The Morgan fingerprint density at radius 2 is 2.00 bits per heavy atom. The van der Waals surface area contributed by atoms with Crippen molar-refractivity contribution >= 4 is 11.8 Å². The largest absolute Gasteiger partial charge is 0.305 e. The number of amides is 2. The Morgan fingerprint density at radius 1 is 1.15 bits per heavy atom. The number of piperidine rings is 1. The molecule has 1 aliphatic carbocycles. The van der Waals surface area contributed by atoms with Gasteiger partial charge in [0.25, 0.3) is 0 Å². The van der Waals surface area contributed by atoms with Crippen molar-refractivity contribution in [2.24, 2.45) is 0 Å². The number of rotatable bonds is 3. The molecule has 4 heteroatoms. The van der Waals surface area contributed by atoms with Crippen molar-refractivity contribution in [2.75, 3.05) is 6.54 Å². The maximum atomic E-state index is 11.7. The molecule has 1 heterocycles. The Morgan fingerprint density at radius 3 is 2.85 bits per heavy atom. The maximum Gasteiger partial charge on any atom is 0.243 e. The SMILES string of the molecule is O=C1CCC(NCC2CCCc3ccccc32)C(=O)N1. The van der Waals surface area contributed by atoms with Crippen LogP contribution in [0.4, 0.5) is 0 Å². The van der Waals surface area contributed by atoms with E-state index in [1.54, 1.807) is 0 Å². The van der Waals surface area contributed by atoms with Crippen molar-refractivity contribution < 1.29 is 9.59 Å². The first kappa shape index (κ1) is 13.3. The summed E-state index contributed by atoms with van der Waals surface area (Å²) in [5.41, 5.74) is 2.85. The number of hydrogen-bond donors (Lipinski definition) is 2. The van der Waals surface area contributed by atoms with E-state index in [0.717, 1.165) is 19.4 Å². The Kier molecular flexibility index (Phi) is 3.83. The molecule has 1 aromatic carbocycles. The van der Waals surface area contributed by atoms with Crippen LogP contribution in [0.25, 0.3) is 0 Å². The second-order valence-corrected chi connectivity index (χ2v) is 5.70. The van der Waals surface area contributed by atoms with Crippen LogP contribution in [0, 0.1) is 0 Å². The molecule has 20 heavy (non-hydrogen) atoms. The third-order valence-corrected chi connectivity index (χ3v) is 4.34. The minimum atomic E-state index is -0.221. The highest BCUT2D eigenvalue weighted by Gasteiger charge is 2.27. The highest BCUT2D eigenvalue weighted by molar-refractivity contribution is 6.00. The van der Waals surface area contributed by atoms with Crippen molar-refractivity contribution in [1.82, 2.24) is 10.6 Å². The van der Waals surface area contributed by atoms with Gasteiger partial charge in [0.1, 0.15) is 0 Å². The molecular formula is C16H20N2O2. The van der Waals surface area contributed by atoms with Crippen molar-refractivity contribution in [3.63, 3.8) is 0 Å². The molecule has 3 rings (SSSR count). The fraction of sp³-hybridized carbons (Fsp3) is 0.500. The lowest BCUT2D eigenvalue weighted by molar-refractivity contribution is -0.134. The number of imide groups is 1. The van der Waals surface area contributed by atoms with Crippen molar-refractivity contribution in [3.05, 3.63) is 35.4 Å². The lowest BCUT2D eigenvalue weighted by Crippen LogP contribution is -2.51. The summed E-state index contributed by atoms with van der Waals surface area (Å²) >= 11 is 0. The van der Waals surface area contributed by atoms with Gasteiger partial charge in [0.15, 0.2) is 0 Å². The van der Waals surface area contributed by atoms with Gasteiger partial charge in [-0.05, 0) is 42.7 Å². The third kappa shape index (κ3) is 2.75. The molecule has 1 aromatic rings. The average molecular weight is 272 g/mol. The van der Waals surface area contributed by atoms with E-state index in [2.05, 4.69) is 34.9 Å². The zero-order valence-electron chi connectivity index (χ0n) is 11.5. The fourth-order valence-electron chi connectivity index (χ4n) is 3.24. The first-order chi connectivity index (χ1) is 9.74. The molecule has 106 valence electrons. The van der Waals surface area contributed by atoms with Gasteiger partial charge >= 0.3 is 0 Å². The summed E-state index contributed by atoms with van der Waals surface area (Å²) in [4.78, 5) is 22.9. The lowest BCUT2D eigenvalue weighted by atomic mass is 9.82. The molecule has 1 aliphatic heterocycles. The van der Waals surface area contributed by atoms with Crippen molar-refractivity contribution in [1.29, 1.82) is 0 Å². The Hall–Kier alpha value is -1.68. The highest BCUT2D eigenvalue weighted by atomic mass is 16.2.